The van der Waals surface area contributed by atoms with Gasteiger partial charge in [-0.1, -0.05) is 0 Å². The van der Waals surface area contributed by atoms with Crippen LogP contribution in [0.3, 0.4) is 0 Å². The quantitative estimate of drug-likeness (QED) is 0.666. The minimum absolute atomic E-state index is 0.326. The molecule has 2 N–H and O–H groups in total. The van der Waals surface area contributed by atoms with Crippen molar-refractivity contribution in [3.8, 4) is 0 Å². The fourth-order valence-electron chi connectivity index (χ4n) is 1.04. The Morgan fingerprint density at radius 1 is 1.64 bits per heavy atom. The molecule has 5 nitrogen and oxygen atoms in total. The van der Waals surface area contributed by atoms with Crippen molar-refractivity contribution in [3.63, 3.8) is 0 Å². The molecule has 0 saturated carbocycles. The highest BCUT2D eigenvalue weighted by Gasteiger charge is 2.16. The number of aliphatic carboxylic acids is 1. The van der Waals surface area contributed by atoms with Crippen LogP contribution >= 0.6 is 0 Å². The number of hydrogen-bond acceptors (Lipinski definition) is 3. The molecule has 0 radical (unpaired) electrons. The summed E-state index contributed by atoms with van der Waals surface area (Å²) in [6, 6.07) is 0. The molecule has 1 atom stereocenters. The zero-order valence-electron chi connectivity index (χ0n) is 8.56. The maximum absolute atomic E-state index is 10.7. The Kier molecular flexibility index (Phi) is 5.87. The summed E-state index contributed by atoms with van der Waals surface area (Å²) in [5, 5.41) is 15.8. The number of rotatable bonds is 2. The average molecular weight is 203 g/mol. The van der Waals surface area contributed by atoms with E-state index >= 15 is 0 Å². The molecule has 0 aromatic carbocycles. The van der Waals surface area contributed by atoms with Gasteiger partial charge >= 0.3 is 5.97 Å². The van der Waals surface area contributed by atoms with Gasteiger partial charge in [0, 0.05) is 19.5 Å². The Labute approximate surface area is 83.3 Å². The summed E-state index contributed by atoms with van der Waals surface area (Å²) < 4.78 is 0. The van der Waals surface area contributed by atoms with Crippen molar-refractivity contribution >= 4 is 11.9 Å². The Morgan fingerprint density at radius 3 is 2.29 bits per heavy atom. The van der Waals surface area contributed by atoms with E-state index in [0.29, 0.717) is 5.91 Å². The summed E-state index contributed by atoms with van der Waals surface area (Å²) in [6.45, 7) is 5.08. The minimum atomic E-state index is -1.23. The summed E-state index contributed by atoms with van der Waals surface area (Å²) in [6.07, 6.45) is 0.602. The zero-order valence-corrected chi connectivity index (χ0v) is 8.56. The van der Waals surface area contributed by atoms with Crippen LogP contribution in [0, 0.1) is 0 Å². The normalized spacial score (nSPS) is 17.4. The maximum atomic E-state index is 10.7. The van der Waals surface area contributed by atoms with E-state index in [2.05, 4.69) is 0 Å². The van der Waals surface area contributed by atoms with Crippen LogP contribution in [0.5, 0.6) is 0 Å². The molecule has 1 amide bonds. The van der Waals surface area contributed by atoms with Gasteiger partial charge in [0.1, 0.15) is 6.10 Å². The van der Waals surface area contributed by atoms with Crippen molar-refractivity contribution in [1.82, 2.24) is 4.90 Å². The first kappa shape index (κ1) is 12.9. The number of carbonyl (C=O) groups excluding carboxylic acids is 1. The number of carboxylic acid groups (broad SMARTS) is 1. The molecule has 1 fully saturated rings. The molecular formula is C9H17NO4. The lowest BCUT2D eigenvalue weighted by Crippen LogP contribution is -2.23. The number of carbonyl (C=O) groups is 2. The van der Waals surface area contributed by atoms with Gasteiger partial charge in [0.15, 0.2) is 0 Å². The molecule has 0 aromatic heterocycles. The Bertz CT molecular complexity index is 203. The van der Waals surface area contributed by atoms with E-state index in [0.717, 1.165) is 25.9 Å². The molecule has 5 heteroatoms. The highest BCUT2D eigenvalue weighted by molar-refractivity contribution is 5.77. The molecular weight excluding hydrogens is 186 g/mol. The molecule has 1 saturated heterocycles. The summed E-state index contributed by atoms with van der Waals surface area (Å²) in [5.74, 6) is -0.859. The van der Waals surface area contributed by atoms with Crippen LogP contribution < -0.4 is 0 Å². The molecule has 1 rings (SSSR count). The minimum Gasteiger partial charge on any atom is -0.479 e. The highest BCUT2D eigenvalue weighted by Crippen LogP contribution is 2.07. The molecule has 1 heterocycles. The molecule has 1 aliphatic heterocycles. The maximum Gasteiger partial charge on any atom is 0.332 e. The fraction of sp³-hybridized carbons (Fsp3) is 0.778. The number of carboxylic acids is 1. The summed E-state index contributed by atoms with van der Waals surface area (Å²) >= 11 is 0. The van der Waals surface area contributed by atoms with Crippen molar-refractivity contribution in [2.75, 3.05) is 13.1 Å². The van der Waals surface area contributed by atoms with Crippen molar-refractivity contribution in [3.05, 3.63) is 0 Å². The van der Waals surface area contributed by atoms with Crippen LogP contribution in [0.1, 0.15) is 26.7 Å². The predicted octanol–water partition coefficient (Wildman–Crippen LogP) is 0.0805. The van der Waals surface area contributed by atoms with E-state index in [4.69, 9.17) is 10.2 Å². The third-order valence-corrected chi connectivity index (χ3v) is 1.91. The lowest BCUT2D eigenvalue weighted by molar-refractivity contribution is -0.145. The number of nitrogens with zero attached hydrogens (tertiary/aromatic N) is 1. The van der Waals surface area contributed by atoms with Crippen LogP contribution in [0.2, 0.25) is 0 Å². The summed E-state index contributed by atoms with van der Waals surface area (Å²) in [5.41, 5.74) is 0. The van der Waals surface area contributed by atoms with Crippen LogP contribution in [0.4, 0.5) is 0 Å². The van der Waals surface area contributed by atoms with Gasteiger partial charge in [-0.25, -0.2) is 4.79 Å². The molecule has 0 aromatic rings. The second-order valence-electron chi connectivity index (χ2n) is 3.09. The van der Waals surface area contributed by atoms with Gasteiger partial charge in [-0.15, -0.1) is 0 Å². The third kappa shape index (κ3) is 4.81. The largest absolute Gasteiger partial charge is 0.479 e. The van der Waals surface area contributed by atoms with Crippen LogP contribution in [0.15, 0.2) is 0 Å². The average Bonchev–Trinajstić information content (AvgIpc) is 2.51. The SMILES string of the molecule is CC(O)C(=O)O.CCN1CCCC1=O. The number of likely N-dealkylation sites (tertiary alicyclic amines) is 1. The molecule has 0 aliphatic carbocycles. The Balaban J connectivity index is 0.000000255. The first-order chi connectivity index (χ1) is 6.49. The van der Waals surface area contributed by atoms with E-state index < -0.39 is 12.1 Å². The van der Waals surface area contributed by atoms with Crippen molar-refractivity contribution < 1.29 is 19.8 Å². The number of aliphatic hydroxyl groups is 1. The van der Waals surface area contributed by atoms with Crippen LogP contribution in [-0.2, 0) is 9.59 Å². The number of aliphatic hydroxyl groups excluding tert-OH is 1. The Morgan fingerprint density at radius 2 is 2.14 bits per heavy atom. The van der Waals surface area contributed by atoms with Gasteiger partial charge in [-0.3, -0.25) is 4.79 Å². The zero-order chi connectivity index (χ0) is 11.1. The summed E-state index contributed by atoms with van der Waals surface area (Å²) in [4.78, 5) is 22.1. The Hall–Kier alpha value is -1.10. The van der Waals surface area contributed by atoms with Gasteiger partial charge in [-0.05, 0) is 20.3 Å². The first-order valence-corrected chi connectivity index (χ1v) is 4.67. The van der Waals surface area contributed by atoms with Gasteiger partial charge in [0.2, 0.25) is 5.91 Å². The second kappa shape index (κ2) is 6.37. The van der Waals surface area contributed by atoms with Crippen LogP contribution in [0.25, 0.3) is 0 Å². The van der Waals surface area contributed by atoms with Crippen molar-refractivity contribution in [1.29, 1.82) is 0 Å². The smallest absolute Gasteiger partial charge is 0.332 e. The molecule has 0 bridgehead atoms. The van der Waals surface area contributed by atoms with Crippen molar-refractivity contribution in [2.24, 2.45) is 0 Å². The molecule has 1 unspecified atom stereocenters. The van der Waals surface area contributed by atoms with E-state index in [9.17, 15) is 9.59 Å². The van der Waals surface area contributed by atoms with Gasteiger partial charge in [0.05, 0.1) is 0 Å². The number of hydrogen-bond donors (Lipinski definition) is 2. The van der Waals surface area contributed by atoms with Crippen LogP contribution in [-0.4, -0.2) is 46.2 Å². The van der Waals surface area contributed by atoms with E-state index in [1.807, 2.05) is 11.8 Å². The van der Waals surface area contributed by atoms with E-state index in [1.54, 1.807) is 0 Å². The monoisotopic (exact) mass is 203 g/mol. The molecule has 14 heavy (non-hydrogen) atoms. The molecule has 1 aliphatic rings. The predicted molar refractivity (Wildman–Crippen MR) is 50.8 cm³/mol. The molecule has 82 valence electrons. The van der Waals surface area contributed by atoms with Crippen molar-refractivity contribution in [2.45, 2.75) is 32.8 Å². The van der Waals surface area contributed by atoms with Gasteiger partial charge in [0.25, 0.3) is 0 Å². The molecule has 0 spiro atoms. The fourth-order valence-corrected chi connectivity index (χ4v) is 1.04. The summed E-state index contributed by atoms with van der Waals surface area (Å²) in [7, 11) is 0. The third-order valence-electron chi connectivity index (χ3n) is 1.91. The van der Waals surface area contributed by atoms with Gasteiger partial charge in [-0.2, -0.15) is 0 Å². The second-order valence-corrected chi connectivity index (χ2v) is 3.09. The van der Waals surface area contributed by atoms with Gasteiger partial charge < -0.3 is 15.1 Å². The topological polar surface area (TPSA) is 77.8 Å². The van der Waals surface area contributed by atoms with E-state index in [-0.39, 0.29) is 0 Å². The number of amides is 1. The lowest BCUT2D eigenvalue weighted by atomic mass is 10.4. The lowest BCUT2D eigenvalue weighted by Gasteiger charge is -2.10. The highest BCUT2D eigenvalue weighted by atomic mass is 16.4. The van der Waals surface area contributed by atoms with E-state index in [1.165, 1.54) is 6.92 Å². The first-order valence-electron chi connectivity index (χ1n) is 4.67. The standard InChI is InChI=1S/C6H11NO.C3H6O3/c1-2-7-5-3-4-6(7)8;1-2(4)3(5)6/h2-5H2,1H3;2,4H,1H3,(H,5,6).